The number of piperidine rings is 1. The van der Waals surface area contributed by atoms with Gasteiger partial charge in [-0.15, -0.1) is 0 Å². The van der Waals surface area contributed by atoms with Gasteiger partial charge in [-0.3, -0.25) is 0 Å². The summed E-state index contributed by atoms with van der Waals surface area (Å²) in [5.41, 5.74) is 1.13. The van der Waals surface area contributed by atoms with Crippen molar-refractivity contribution < 1.29 is 8.42 Å². The summed E-state index contributed by atoms with van der Waals surface area (Å²) in [4.78, 5) is 0.172. The first kappa shape index (κ1) is 12.5. The Balaban J connectivity index is 2.13. The van der Waals surface area contributed by atoms with Crippen LogP contribution in [0.15, 0.2) is 29.2 Å². The highest BCUT2D eigenvalue weighted by Crippen LogP contribution is 2.25. The molecule has 1 aromatic rings. The first-order valence-corrected chi connectivity index (χ1v) is 7.37. The summed E-state index contributed by atoms with van der Waals surface area (Å²) in [6, 6.07) is 7.16. The van der Waals surface area contributed by atoms with Crippen LogP contribution in [0.4, 0.5) is 0 Å². The largest absolute Gasteiger partial charge is 0.310 e. The van der Waals surface area contributed by atoms with Crippen molar-refractivity contribution in [3.05, 3.63) is 29.8 Å². The summed E-state index contributed by atoms with van der Waals surface area (Å²) in [7, 11) is -3.58. The normalized spacial score (nSPS) is 25.8. The van der Waals surface area contributed by atoms with Crippen molar-refractivity contribution in [2.45, 2.75) is 30.7 Å². The Bertz CT molecular complexity index is 474. The van der Waals surface area contributed by atoms with E-state index in [1.165, 1.54) is 6.42 Å². The van der Waals surface area contributed by atoms with E-state index in [0.717, 1.165) is 24.4 Å². The first-order chi connectivity index (χ1) is 7.97. The van der Waals surface area contributed by atoms with Crippen molar-refractivity contribution in [2.75, 3.05) is 6.54 Å². The van der Waals surface area contributed by atoms with E-state index in [1.807, 2.05) is 12.1 Å². The van der Waals surface area contributed by atoms with E-state index in [1.54, 1.807) is 12.1 Å². The van der Waals surface area contributed by atoms with Crippen LogP contribution < -0.4 is 10.5 Å². The topological polar surface area (TPSA) is 72.2 Å². The van der Waals surface area contributed by atoms with Crippen LogP contribution in [0.25, 0.3) is 0 Å². The minimum atomic E-state index is -3.58. The van der Waals surface area contributed by atoms with E-state index in [-0.39, 0.29) is 4.90 Å². The number of hydrogen-bond acceptors (Lipinski definition) is 3. The Labute approximate surface area is 102 Å². The Kier molecular flexibility index (Phi) is 3.51. The lowest BCUT2D eigenvalue weighted by molar-refractivity contribution is 0.333. The van der Waals surface area contributed by atoms with E-state index in [0.29, 0.717) is 6.04 Å². The highest BCUT2D eigenvalue weighted by Gasteiger charge is 2.19. The fourth-order valence-corrected chi connectivity index (χ4v) is 2.69. The molecule has 2 unspecified atom stereocenters. The molecule has 1 aliphatic heterocycles. The molecule has 17 heavy (non-hydrogen) atoms. The molecule has 0 amide bonds. The minimum Gasteiger partial charge on any atom is -0.310 e. The van der Waals surface area contributed by atoms with Crippen LogP contribution >= 0.6 is 0 Å². The van der Waals surface area contributed by atoms with Crippen LogP contribution in [0.5, 0.6) is 0 Å². The van der Waals surface area contributed by atoms with Crippen LogP contribution in [0.3, 0.4) is 0 Å². The monoisotopic (exact) mass is 254 g/mol. The molecule has 0 aliphatic carbocycles. The molecule has 0 bridgehead atoms. The van der Waals surface area contributed by atoms with Gasteiger partial charge in [0, 0.05) is 6.04 Å². The van der Waals surface area contributed by atoms with Crippen molar-refractivity contribution >= 4 is 10.0 Å². The standard InChI is InChI=1S/C12H18N2O2S/c1-9-2-7-12(14-8-9)10-3-5-11(6-4-10)17(13,15)16/h3-6,9,12,14H,2,7-8H2,1H3,(H2,13,15,16). The van der Waals surface area contributed by atoms with Gasteiger partial charge in [0.1, 0.15) is 0 Å². The van der Waals surface area contributed by atoms with Gasteiger partial charge in [-0.25, -0.2) is 13.6 Å². The Hall–Kier alpha value is -0.910. The molecule has 94 valence electrons. The van der Waals surface area contributed by atoms with E-state index < -0.39 is 10.0 Å². The van der Waals surface area contributed by atoms with Gasteiger partial charge in [0.05, 0.1) is 4.90 Å². The van der Waals surface area contributed by atoms with Crippen LogP contribution in [0, 0.1) is 5.92 Å². The fraction of sp³-hybridized carbons (Fsp3) is 0.500. The molecule has 3 N–H and O–H groups in total. The molecule has 4 nitrogen and oxygen atoms in total. The predicted molar refractivity (Wildman–Crippen MR) is 67.0 cm³/mol. The first-order valence-electron chi connectivity index (χ1n) is 5.83. The summed E-state index contributed by atoms with van der Waals surface area (Å²) >= 11 is 0. The lowest BCUT2D eigenvalue weighted by Gasteiger charge is -2.28. The lowest BCUT2D eigenvalue weighted by atomic mass is 9.92. The molecule has 1 aromatic carbocycles. The Morgan fingerprint density at radius 1 is 1.24 bits per heavy atom. The molecule has 0 saturated carbocycles. The van der Waals surface area contributed by atoms with Crippen molar-refractivity contribution in [1.82, 2.24) is 5.32 Å². The average molecular weight is 254 g/mol. The molecule has 2 atom stereocenters. The maximum absolute atomic E-state index is 11.1. The second-order valence-electron chi connectivity index (χ2n) is 4.76. The number of hydrogen-bond donors (Lipinski definition) is 2. The van der Waals surface area contributed by atoms with E-state index in [2.05, 4.69) is 12.2 Å². The van der Waals surface area contributed by atoms with Crippen LogP contribution in [-0.2, 0) is 10.0 Å². The maximum atomic E-state index is 11.1. The maximum Gasteiger partial charge on any atom is 0.238 e. The van der Waals surface area contributed by atoms with Crippen molar-refractivity contribution in [3.8, 4) is 0 Å². The number of rotatable bonds is 2. The molecule has 2 rings (SSSR count). The predicted octanol–water partition coefficient (Wildman–Crippen LogP) is 1.39. The Morgan fingerprint density at radius 3 is 2.35 bits per heavy atom. The number of primary sulfonamides is 1. The van der Waals surface area contributed by atoms with E-state index in [9.17, 15) is 8.42 Å². The third-order valence-electron chi connectivity index (χ3n) is 3.27. The highest BCUT2D eigenvalue weighted by atomic mass is 32.2. The SMILES string of the molecule is CC1CCC(c2ccc(S(N)(=O)=O)cc2)NC1. The number of nitrogens with one attached hydrogen (secondary N) is 1. The van der Waals surface area contributed by atoms with Crippen molar-refractivity contribution in [2.24, 2.45) is 11.1 Å². The van der Waals surface area contributed by atoms with Gasteiger partial charge in [0.2, 0.25) is 10.0 Å². The van der Waals surface area contributed by atoms with Gasteiger partial charge < -0.3 is 5.32 Å². The van der Waals surface area contributed by atoms with Crippen LogP contribution in [-0.4, -0.2) is 15.0 Å². The molecular formula is C12H18N2O2S. The molecule has 1 heterocycles. The molecule has 0 radical (unpaired) electrons. The summed E-state index contributed by atoms with van der Waals surface area (Å²) in [6.07, 6.45) is 2.30. The summed E-state index contributed by atoms with van der Waals surface area (Å²) in [5, 5.41) is 8.52. The second kappa shape index (κ2) is 4.76. The fourth-order valence-electron chi connectivity index (χ4n) is 2.17. The summed E-state index contributed by atoms with van der Waals surface area (Å²) in [5.74, 6) is 0.718. The summed E-state index contributed by atoms with van der Waals surface area (Å²) < 4.78 is 22.3. The minimum absolute atomic E-state index is 0.172. The molecular weight excluding hydrogens is 236 g/mol. The zero-order valence-corrected chi connectivity index (χ0v) is 10.7. The van der Waals surface area contributed by atoms with Gasteiger partial charge in [-0.1, -0.05) is 19.1 Å². The quantitative estimate of drug-likeness (QED) is 0.838. The van der Waals surface area contributed by atoms with Crippen molar-refractivity contribution in [1.29, 1.82) is 0 Å². The average Bonchev–Trinajstić information content (AvgIpc) is 2.29. The highest BCUT2D eigenvalue weighted by molar-refractivity contribution is 7.89. The molecule has 0 aromatic heterocycles. The number of sulfonamides is 1. The van der Waals surface area contributed by atoms with Gasteiger partial charge in [-0.2, -0.15) is 0 Å². The zero-order valence-electron chi connectivity index (χ0n) is 9.89. The molecule has 0 spiro atoms. The molecule has 5 heteroatoms. The van der Waals surface area contributed by atoms with E-state index in [4.69, 9.17) is 5.14 Å². The third kappa shape index (κ3) is 3.06. The second-order valence-corrected chi connectivity index (χ2v) is 6.32. The van der Waals surface area contributed by atoms with E-state index >= 15 is 0 Å². The number of nitrogens with two attached hydrogens (primary N) is 1. The van der Waals surface area contributed by atoms with Crippen LogP contribution in [0.1, 0.15) is 31.4 Å². The smallest absolute Gasteiger partial charge is 0.238 e. The summed E-state index contributed by atoms with van der Waals surface area (Å²) in [6.45, 7) is 3.24. The van der Waals surface area contributed by atoms with Gasteiger partial charge >= 0.3 is 0 Å². The van der Waals surface area contributed by atoms with Gasteiger partial charge in [0.15, 0.2) is 0 Å². The number of benzene rings is 1. The Morgan fingerprint density at radius 2 is 1.88 bits per heavy atom. The van der Waals surface area contributed by atoms with Crippen LogP contribution in [0.2, 0.25) is 0 Å². The zero-order chi connectivity index (χ0) is 12.5. The van der Waals surface area contributed by atoms with Gasteiger partial charge in [0.25, 0.3) is 0 Å². The molecule has 1 saturated heterocycles. The van der Waals surface area contributed by atoms with Crippen molar-refractivity contribution in [3.63, 3.8) is 0 Å². The molecule has 1 fully saturated rings. The third-order valence-corrected chi connectivity index (χ3v) is 4.20. The molecule has 1 aliphatic rings. The van der Waals surface area contributed by atoms with Gasteiger partial charge in [-0.05, 0) is 43.0 Å². The lowest BCUT2D eigenvalue weighted by Crippen LogP contribution is -2.31.